The van der Waals surface area contributed by atoms with Crippen LogP contribution in [0.1, 0.15) is 33.7 Å². The van der Waals surface area contributed by atoms with Gasteiger partial charge in [-0.25, -0.2) is 8.42 Å². The van der Waals surface area contributed by atoms with Crippen molar-refractivity contribution in [1.82, 2.24) is 14.8 Å². The monoisotopic (exact) mass is 393 g/mol. The Balaban J connectivity index is 1.63. The van der Waals surface area contributed by atoms with Gasteiger partial charge in [-0.2, -0.15) is 0 Å². The van der Waals surface area contributed by atoms with Crippen LogP contribution < -0.4 is 0 Å². The maximum atomic E-state index is 12.5. The first-order valence-electron chi connectivity index (χ1n) is 8.57. The van der Waals surface area contributed by atoms with Crippen LogP contribution in [0.3, 0.4) is 0 Å². The Morgan fingerprint density at radius 2 is 2.08 bits per heavy atom. The predicted octanol–water partition coefficient (Wildman–Crippen LogP) is 2.38. The number of hydrogen-bond acceptors (Lipinski definition) is 6. The Hall–Kier alpha value is -1.67. The van der Waals surface area contributed by atoms with Crippen LogP contribution in [0.5, 0.6) is 0 Å². The van der Waals surface area contributed by atoms with E-state index < -0.39 is 9.84 Å². The molecule has 0 saturated carbocycles. The molecular formula is C18H23N3O3S2. The molecule has 0 bridgehead atoms. The predicted molar refractivity (Wildman–Crippen MR) is 102 cm³/mol. The van der Waals surface area contributed by atoms with E-state index in [-0.39, 0.29) is 23.2 Å². The molecule has 2 heterocycles. The fraction of sp³-hybridized carbons (Fsp3) is 0.500. The number of hydrogen-bond donors (Lipinski definition) is 0. The molecule has 0 unspecified atom stereocenters. The second kappa shape index (κ2) is 7.52. The van der Waals surface area contributed by atoms with Gasteiger partial charge in [-0.15, -0.1) is 10.2 Å². The summed E-state index contributed by atoms with van der Waals surface area (Å²) in [5.74, 6) is 1.75. The number of rotatable bonds is 6. The van der Waals surface area contributed by atoms with Crippen molar-refractivity contribution in [2.24, 2.45) is 13.0 Å². The highest BCUT2D eigenvalue weighted by atomic mass is 32.2. The second-order valence-corrected chi connectivity index (χ2v) is 10.1. The number of sulfone groups is 1. The third-order valence-electron chi connectivity index (χ3n) is 4.75. The standard InChI is InChI=1S/C18H23N3O3S2/c1-12-4-5-13(2)15(8-12)16(22)10-25-18-20-19-17(21(18)3)9-14-6-7-26(23,24)11-14/h4-5,8,14H,6-7,9-11H2,1-3H3/t14-/m1/s1. The maximum Gasteiger partial charge on any atom is 0.191 e. The Morgan fingerprint density at radius 1 is 1.31 bits per heavy atom. The summed E-state index contributed by atoms with van der Waals surface area (Å²) < 4.78 is 25.1. The molecule has 1 aromatic heterocycles. The first-order valence-corrected chi connectivity index (χ1v) is 11.4. The van der Waals surface area contributed by atoms with E-state index in [0.717, 1.165) is 22.5 Å². The summed E-state index contributed by atoms with van der Waals surface area (Å²) in [5.41, 5.74) is 2.79. The molecule has 6 nitrogen and oxygen atoms in total. The van der Waals surface area contributed by atoms with Gasteiger partial charge in [0.15, 0.2) is 20.8 Å². The molecule has 0 amide bonds. The third kappa shape index (κ3) is 4.35. The van der Waals surface area contributed by atoms with Crippen LogP contribution in [0.15, 0.2) is 23.4 Å². The van der Waals surface area contributed by atoms with Crippen molar-refractivity contribution in [2.45, 2.75) is 31.8 Å². The van der Waals surface area contributed by atoms with Crippen molar-refractivity contribution in [3.05, 3.63) is 40.7 Å². The van der Waals surface area contributed by atoms with Gasteiger partial charge in [0.1, 0.15) is 5.82 Å². The summed E-state index contributed by atoms with van der Waals surface area (Å²) in [4.78, 5) is 12.5. The largest absolute Gasteiger partial charge is 0.309 e. The molecule has 3 rings (SSSR count). The van der Waals surface area contributed by atoms with Gasteiger partial charge in [0.2, 0.25) is 0 Å². The normalized spacial score (nSPS) is 19.0. The maximum absolute atomic E-state index is 12.5. The number of thioether (sulfide) groups is 1. The molecule has 0 spiro atoms. The molecule has 0 aliphatic carbocycles. The van der Waals surface area contributed by atoms with Crippen molar-refractivity contribution in [3.8, 4) is 0 Å². The van der Waals surface area contributed by atoms with E-state index in [9.17, 15) is 13.2 Å². The summed E-state index contributed by atoms with van der Waals surface area (Å²) >= 11 is 1.36. The summed E-state index contributed by atoms with van der Waals surface area (Å²) in [6, 6.07) is 5.88. The smallest absolute Gasteiger partial charge is 0.191 e. The number of ketones is 1. The van der Waals surface area contributed by atoms with Crippen LogP contribution in [0, 0.1) is 19.8 Å². The van der Waals surface area contributed by atoms with Gasteiger partial charge in [0.25, 0.3) is 0 Å². The van der Waals surface area contributed by atoms with Gasteiger partial charge in [-0.3, -0.25) is 4.79 Å². The van der Waals surface area contributed by atoms with Crippen molar-refractivity contribution in [2.75, 3.05) is 17.3 Å². The summed E-state index contributed by atoms with van der Waals surface area (Å²) in [6.07, 6.45) is 1.29. The van der Waals surface area contributed by atoms with Gasteiger partial charge in [0.05, 0.1) is 17.3 Å². The molecule has 1 aliphatic rings. The lowest BCUT2D eigenvalue weighted by Crippen LogP contribution is -2.11. The number of aryl methyl sites for hydroxylation is 2. The van der Waals surface area contributed by atoms with Crippen LogP contribution >= 0.6 is 11.8 Å². The van der Waals surface area contributed by atoms with E-state index in [1.807, 2.05) is 43.7 Å². The van der Waals surface area contributed by atoms with E-state index in [1.165, 1.54) is 11.8 Å². The Kier molecular flexibility index (Phi) is 5.53. The summed E-state index contributed by atoms with van der Waals surface area (Å²) in [5, 5.41) is 9.05. The zero-order valence-electron chi connectivity index (χ0n) is 15.2. The highest BCUT2D eigenvalue weighted by molar-refractivity contribution is 7.99. The topological polar surface area (TPSA) is 81.9 Å². The molecule has 0 N–H and O–H groups in total. The van der Waals surface area contributed by atoms with Crippen LogP contribution in [0.25, 0.3) is 0 Å². The quantitative estimate of drug-likeness (QED) is 0.554. The van der Waals surface area contributed by atoms with Gasteiger partial charge in [-0.1, -0.05) is 29.5 Å². The molecular weight excluding hydrogens is 370 g/mol. The SMILES string of the molecule is Cc1ccc(C)c(C(=O)CSc2nnc(C[C@H]3CCS(=O)(=O)C3)n2C)c1. The minimum absolute atomic E-state index is 0.0719. The number of carbonyl (C=O) groups excluding carboxylic acids is 1. The Labute approximate surface area is 158 Å². The molecule has 1 aromatic carbocycles. The average molecular weight is 394 g/mol. The third-order valence-corrected chi connectivity index (χ3v) is 7.61. The first kappa shape index (κ1) is 19.1. The van der Waals surface area contributed by atoms with Crippen LogP contribution in [-0.2, 0) is 23.3 Å². The van der Waals surface area contributed by atoms with E-state index in [2.05, 4.69) is 10.2 Å². The molecule has 140 valence electrons. The zero-order chi connectivity index (χ0) is 18.9. The zero-order valence-corrected chi connectivity index (χ0v) is 16.9. The highest BCUT2D eigenvalue weighted by Crippen LogP contribution is 2.24. The fourth-order valence-corrected chi connectivity index (χ4v) is 5.86. The van der Waals surface area contributed by atoms with Gasteiger partial charge >= 0.3 is 0 Å². The minimum Gasteiger partial charge on any atom is -0.309 e. The van der Waals surface area contributed by atoms with Gasteiger partial charge in [-0.05, 0) is 37.8 Å². The lowest BCUT2D eigenvalue weighted by Gasteiger charge is -2.08. The van der Waals surface area contributed by atoms with Crippen molar-refractivity contribution >= 4 is 27.4 Å². The van der Waals surface area contributed by atoms with E-state index in [0.29, 0.717) is 23.8 Å². The van der Waals surface area contributed by atoms with Crippen LogP contribution in [0.2, 0.25) is 0 Å². The molecule has 1 atom stereocenters. The van der Waals surface area contributed by atoms with Gasteiger partial charge in [0, 0.05) is 19.0 Å². The first-order chi connectivity index (χ1) is 12.2. The second-order valence-electron chi connectivity index (χ2n) is 6.96. The lowest BCUT2D eigenvalue weighted by molar-refractivity contribution is 0.102. The number of aromatic nitrogens is 3. The number of benzene rings is 1. The molecule has 2 aromatic rings. The number of Topliss-reactive ketones (excluding diaryl/α,β-unsaturated/α-hetero) is 1. The average Bonchev–Trinajstić information content (AvgIpc) is 3.10. The number of carbonyl (C=O) groups is 1. The molecule has 8 heteroatoms. The summed E-state index contributed by atoms with van der Waals surface area (Å²) in [6.45, 7) is 3.91. The van der Waals surface area contributed by atoms with E-state index >= 15 is 0 Å². The van der Waals surface area contributed by atoms with Crippen molar-refractivity contribution < 1.29 is 13.2 Å². The van der Waals surface area contributed by atoms with Crippen LogP contribution in [0.4, 0.5) is 0 Å². The lowest BCUT2D eigenvalue weighted by atomic mass is 10.0. The minimum atomic E-state index is -2.89. The van der Waals surface area contributed by atoms with E-state index in [1.54, 1.807) is 0 Å². The molecule has 1 saturated heterocycles. The molecule has 1 aliphatic heterocycles. The number of nitrogens with zero attached hydrogens (tertiary/aromatic N) is 3. The fourth-order valence-electron chi connectivity index (χ4n) is 3.18. The molecule has 1 fully saturated rings. The molecule has 0 radical (unpaired) electrons. The summed E-state index contributed by atoms with van der Waals surface area (Å²) in [7, 11) is -1.02. The van der Waals surface area contributed by atoms with E-state index in [4.69, 9.17) is 0 Å². The molecule has 26 heavy (non-hydrogen) atoms. The van der Waals surface area contributed by atoms with Crippen LogP contribution in [-0.4, -0.2) is 46.2 Å². The van der Waals surface area contributed by atoms with Gasteiger partial charge < -0.3 is 4.57 Å². The van der Waals surface area contributed by atoms with Crippen molar-refractivity contribution in [1.29, 1.82) is 0 Å². The Morgan fingerprint density at radius 3 is 2.77 bits per heavy atom. The van der Waals surface area contributed by atoms with Crippen molar-refractivity contribution in [3.63, 3.8) is 0 Å². The highest BCUT2D eigenvalue weighted by Gasteiger charge is 2.29. The Bertz CT molecular complexity index is 935.